The van der Waals surface area contributed by atoms with E-state index in [4.69, 9.17) is 37.4 Å². The molecule has 1 aliphatic rings. The molecule has 9 nitrogen and oxygen atoms in total. The third kappa shape index (κ3) is 7.67. The fourth-order valence-electron chi connectivity index (χ4n) is 3.59. The van der Waals surface area contributed by atoms with E-state index in [1.807, 2.05) is 0 Å². The van der Waals surface area contributed by atoms with E-state index in [2.05, 4.69) is 4.74 Å². The molecule has 3 rings (SSSR count). The molecule has 2 heterocycles. The van der Waals surface area contributed by atoms with E-state index >= 15 is 0 Å². The van der Waals surface area contributed by atoms with Crippen molar-refractivity contribution >= 4 is 47.0 Å². The van der Waals surface area contributed by atoms with Gasteiger partial charge in [-0.2, -0.15) is 13.5 Å². The molecule has 1 amide bonds. The summed E-state index contributed by atoms with van der Waals surface area (Å²) in [5.74, 6) is -0.506. The minimum absolute atomic E-state index is 0.0304. The molecule has 2 aromatic rings. The number of aromatic nitrogens is 1. The Morgan fingerprint density at radius 2 is 1.87 bits per heavy atom. The quantitative estimate of drug-likeness (QED) is 0.228. The summed E-state index contributed by atoms with van der Waals surface area (Å²) in [6, 6.07) is 4.05. The molecule has 1 aromatic carbocycles. The standard InChI is InChI=1S/C24H26Cl2F2N2O7S/c1-24(2,3)37-23(32)30-7-8-38-20(30)21(31)35-18(10-14-15(25)11-29(33)12-16(14)26)13-5-6-17(36-22(27)28)19(9-13)34-4/h5-6,9,11-12,18,20,22H,7-8,10H2,1-4H3. The Labute approximate surface area is 232 Å². The van der Waals surface area contributed by atoms with Crippen LogP contribution in [-0.4, -0.2) is 54.0 Å². The maximum Gasteiger partial charge on any atom is 0.411 e. The Hall–Kier alpha value is -2.70. The van der Waals surface area contributed by atoms with Gasteiger partial charge in [-0.15, -0.1) is 11.8 Å². The third-order valence-corrected chi connectivity index (χ3v) is 7.03. The summed E-state index contributed by atoms with van der Waals surface area (Å²) in [5.41, 5.74) is -0.109. The largest absolute Gasteiger partial charge is 0.619 e. The van der Waals surface area contributed by atoms with Crippen molar-refractivity contribution in [2.24, 2.45) is 0 Å². The van der Waals surface area contributed by atoms with Gasteiger partial charge < -0.3 is 24.2 Å². The van der Waals surface area contributed by atoms with Crippen LogP contribution in [0.2, 0.25) is 10.0 Å². The summed E-state index contributed by atoms with van der Waals surface area (Å²) < 4.78 is 47.0. The zero-order valence-electron chi connectivity index (χ0n) is 20.9. The Morgan fingerprint density at radius 1 is 1.21 bits per heavy atom. The van der Waals surface area contributed by atoms with Crippen molar-refractivity contribution in [1.82, 2.24) is 4.90 Å². The topological polar surface area (TPSA) is 101 Å². The summed E-state index contributed by atoms with van der Waals surface area (Å²) in [6.07, 6.45) is 0.394. The summed E-state index contributed by atoms with van der Waals surface area (Å²) in [4.78, 5) is 27.3. The van der Waals surface area contributed by atoms with Crippen LogP contribution in [0, 0.1) is 5.21 Å². The van der Waals surface area contributed by atoms with Crippen LogP contribution in [-0.2, 0) is 20.7 Å². The monoisotopic (exact) mass is 594 g/mol. The number of hydrogen-bond acceptors (Lipinski definition) is 8. The number of halogens is 4. The number of rotatable bonds is 8. The van der Waals surface area contributed by atoms with Crippen LogP contribution in [0.1, 0.15) is 38.0 Å². The first-order chi connectivity index (χ1) is 17.8. The second kappa shape index (κ2) is 12.4. The fraction of sp³-hybridized carbons (Fsp3) is 0.458. The van der Waals surface area contributed by atoms with Crippen LogP contribution < -0.4 is 14.2 Å². The average molecular weight is 595 g/mol. The van der Waals surface area contributed by atoms with Gasteiger partial charge in [0.15, 0.2) is 29.3 Å². The number of benzene rings is 1. The number of thioether (sulfide) groups is 1. The predicted octanol–water partition coefficient (Wildman–Crippen LogP) is 5.37. The molecule has 1 aromatic heterocycles. The van der Waals surface area contributed by atoms with Gasteiger partial charge in [0, 0.05) is 24.3 Å². The van der Waals surface area contributed by atoms with E-state index in [1.54, 1.807) is 20.8 Å². The van der Waals surface area contributed by atoms with Gasteiger partial charge in [-0.05, 0) is 38.5 Å². The molecule has 0 aliphatic carbocycles. The number of ether oxygens (including phenoxy) is 4. The lowest BCUT2D eigenvalue weighted by Gasteiger charge is -2.28. The first kappa shape index (κ1) is 29.9. The molecule has 0 saturated carbocycles. The number of amides is 1. The molecule has 208 valence electrons. The van der Waals surface area contributed by atoms with Crippen LogP contribution in [0.4, 0.5) is 13.6 Å². The molecule has 1 aliphatic heterocycles. The Kier molecular flexibility index (Phi) is 9.77. The zero-order chi connectivity index (χ0) is 28.2. The smallest absolute Gasteiger partial charge is 0.411 e. The first-order valence-corrected chi connectivity index (χ1v) is 13.1. The lowest BCUT2D eigenvalue weighted by molar-refractivity contribution is -0.605. The minimum Gasteiger partial charge on any atom is -0.619 e. The number of carbonyl (C=O) groups excluding carboxylic acids is 2. The SMILES string of the molecule is COc1cc(C(Cc2c(Cl)c[n+]([O-])cc2Cl)OC(=O)C2SCCN2C(=O)OC(C)(C)C)ccc1OC(F)F. The van der Waals surface area contributed by atoms with Gasteiger partial charge in [0.05, 0.1) is 7.11 Å². The molecule has 14 heteroatoms. The van der Waals surface area contributed by atoms with Crippen molar-refractivity contribution in [3.8, 4) is 11.5 Å². The number of carbonyl (C=O) groups is 2. The van der Waals surface area contributed by atoms with Gasteiger partial charge in [-0.3, -0.25) is 4.90 Å². The molecule has 0 spiro atoms. The lowest BCUT2D eigenvalue weighted by Crippen LogP contribution is -2.43. The highest BCUT2D eigenvalue weighted by molar-refractivity contribution is 8.00. The van der Waals surface area contributed by atoms with E-state index < -0.39 is 35.8 Å². The Balaban J connectivity index is 1.94. The molecule has 38 heavy (non-hydrogen) atoms. The lowest BCUT2D eigenvalue weighted by atomic mass is 10.0. The number of hydrogen-bond donors (Lipinski definition) is 0. The van der Waals surface area contributed by atoms with Gasteiger partial charge >= 0.3 is 18.7 Å². The van der Waals surface area contributed by atoms with Gasteiger partial charge in [-0.25, -0.2) is 9.59 Å². The van der Waals surface area contributed by atoms with E-state index in [-0.39, 0.29) is 34.5 Å². The number of alkyl halides is 2. The maximum absolute atomic E-state index is 13.3. The molecule has 0 N–H and O–H groups in total. The highest BCUT2D eigenvalue weighted by atomic mass is 35.5. The van der Waals surface area contributed by atoms with E-state index in [9.17, 15) is 23.6 Å². The third-order valence-electron chi connectivity index (χ3n) is 5.20. The molecular formula is C24H26Cl2F2N2O7S. The summed E-state index contributed by atoms with van der Waals surface area (Å²) in [6.45, 7) is 2.33. The summed E-state index contributed by atoms with van der Waals surface area (Å²) >= 11 is 13.7. The molecule has 0 radical (unpaired) electrons. The molecule has 0 bridgehead atoms. The zero-order valence-corrected chi connectivity index (χ0v) is 23.2. The first-order valence-electron chi connectivity index (χ1n) is 11.3. The second-order valence-corrected chi connectivity index (χ2v) is 11.1. The van der Waals surface area contributed by atoms with Crippen molar-refractivity contribution in [2.75, 3.05) is 19.4 Å². The molecule has 2 unspecified atom stereocenters. The number of nitrogens with zero attached hydrogens (tertiary/aromatic N) is 2. The van der Waals surface area contributed by atoms with Gasteiger partial charge in [0.25, 0.3) is 0 Å². The molecule has 2 atom stereocenters. The number of pyridine rings is 1. The van der Waals surface area contributed by atoms with E-state index in [1.165, 1.54) is 42.0 Å². The average Bonchev–Trinajstić information content (AvgIpc) is 3.30. The van der Waals surface area contributed by atoms with Gasteiger partial charge in [0.1, 0.15) is 21.8 Å². The molecular weight excluding hydrogens is 569 g/mol. The van der Waals surface area contributed by atoms with Crippen molar-refractivity contribution in [3.05, 3.63) is 57.0 Å². The van der Waals surface area contributed by atoms with Crippen LogP contribution in [0.25, 0.3) is 0 Å². The predicted molar refractivity (Wildman–Crippen MR) is 137 cm³/mol. The van der Waals surface area contributed by atoms with Crippen molar-refractivity contribution in [1.29, 1.82) is 0 Å². The highest BCUT2D eigenvalue weighted by Crippen LogP contribution is 2.37. The fourth-order valence-corrected chi connectivity index (χ4v) is 5.27. The molecule has 1 fully saturated rings. The van der Waals surface area contributed by atoms with Crippen molar-refractivity contribution in [3.63, 3.8) is 0 Å². The van der Waals surface area contributed by atoms with Crippen molar-refractivity contribution < 1.29 is 42.0 Å². The van der Waals surface area contributed by atoms with E-state index in [0.717, 1.165) is 12.4 Å². The Bertz CT molecular complexity index is 1160. The second-order valence-electron chi connectivity index (χ2n) is 9.11. The summed E-state index contributed by atoms with van der Waals surface area (Å²) in [7, 11) is 1.27. The van der Waals surface area contributed by atoms with Crippen LogP contribution in [0.3, 0.4) is 0 Å². The van der Waals surface area contributed by atoms with Crippen LogP contribution >= 0.6 is 35.0 Å². The van der Waals surface area contributed by atoms with Gasteiger partial charge in [-0.1, -0.05) is 29.3 Å². The van der Waals surface area contributed by atoms with E-state index in [0.29, 0.717) is 21.6 Å². The number of esters is 1. The van der Waals surface area contributed by atoms with Crippen LogP contribution in [0.15, 0.2) is 30.6 Å². The number of methoxy groups -OCH3 is 1. The normalized spacial score (nSPS) is 16.3. The minimum atomic E-state index is -3.08. The van der Waals surface area contributed by atoms with Gasteiger partial charge in [0.2, 0.25) is 0 Å². The van der Waals surface area contributed by atoms with Crippen LogP contribution in [0.5, 0.6) is 11.5 Å². The highest BCUT2D eigenvalue weighted by Gasteiger charge is 2.39. The Morgan fingerprint density at radius 3 is 2.45 bits per heavy atom. The molecule has 1 saturated heterocycles. The van der Waals surface area contributed by atoms with Crippen molar-refractivity contribution in [2.45, 2.75) is 50.9 Å². The summed E-state index contributed by atoms with van der Waals surface area (Å²) in [5, 5.41) is 10.8. The maximum atomic E-state index is 13.3.